The van der Waals surface area contributed by atoms with Crippen molar-refractivity contribution in [3.8, 4) is 0 Å². The molecule has 0 aromatic carbocycles. The molecule has 0 radical (unpaired) electrons. The van der Waals surface area contributed by atoms with Crippen LogP contribution in [0.3, 0.4) is 0 Å². The van der Waals surface area contributed by atoms with Crippen LogP contribution in [-0.2, 0) is 4.74 Å². The van der Waals surface area contributed by atoms with Crippen LogP contribution in [0.25, 0.3) is 0 Å². The molecule has 0 spiro atoms. The van der Waals surface area contributed by atoms with Crippen molar-refractivity contribution in [3.05, 3.63) is 36.5 Å². The molecule has 1 aliphatic heterocycles. The molecule has 2 heteroatoms. The number of hydrogen-bond acceptors (Lipinski definition) is 2. The van der Waals surface area contributed by atoms with Crippen LogP contribution >= 0.6 is 0 Å². The first-order valence-corrected chi connectivity index (χ1v) is 7.89. The zero-order valence-electron chi connectivity index (χ0n) is 14.4. The van der Waals surface area contributed by atoms with Crippen molar-refractivity contribution >= 4 is 0 Å². The summed E-state index contributed by atoms with van der Waals surface area (Å²) >= 11 is 0. The molecule has 1 heterocycles. The molecular weight excluding hydrogens is 248 g/mol. The Morgan fingerprint density at radius 3 is 2.20 bits per heavy atom. The van der Waals surface area contributed by atoms with Crippen LogP contribution in [-0.4, -0.2) is 23.4 Å². The first-order valence-electron chi connectivity index (χ1n) is 7.89. The number of aliphatic hydroxyl groups is 1. The second-order valence-electron chi connectivity index (χ2n) is 4.47. The van der Waals surface area contributed by atoms with Gasteiger partial charge in [-0.25, -0.2) is 0 Å². The number of allylic oxidation sites excluding steroid dienone is 3. The Hall–Kier alpha value is -0.860. The summed E-state index contributed by atoms with van der Waals surface area (Å²) < 4.78 is 5.82. The van der Waals surface area contributed by atoms with Gasteiger partial charge in [-0.15, -0.1) is 0 Å². The van der Waals surface area contributed by atoms with Gasteiger partial charge in [0.05, 0.1) is 12.2 Å². The van der Waals surface area contributed by atoms with Crippen molar-refractivity contribution in [2.24, 2.45) is 5.92 Å². The first kappa shape index (κ1) is 21.4. The second-order valence-corrected chi connectivity index (χ2v) is 4.47. The van der Waals surface area contributed by atoms with Crippen LogP contribution in [0.1, 0.15) is 54.9 Å². The van der Waals surface area contributed by atoms with Crippen LogP contribution in [0.4, 0.5) is 0 Å². The molecule has 2 nitrogen and oxygen atoms in total. The van der Waals surface area contributed by atoms with Gasteiger partial charge in [0.1, 0.15) is 6.10 Å². The third kappa shape index (κ3) is 7.06. The largest absolute Gasteiger partial charge is 0.390 e. The highest BCUT2D eigenvalue weighted by atomic mass is 16.5. The van der Waals surface area contributed by atoms with E-state index in [2.05, 4.69) is 20.4 Å². The maximum Gasteiger partial charge on any atom is 0.109 e. The van der Waals surface area contributed by atoms with Crippen LogP contribution in [0.15, 0.2) is 36.5 Å². The molecule has 0 saturated carbocycles. The van der Waals surface area contributed by atoms with E-state index in [-0.39, 0.29) is 18.1 Å². The zero-order chi connectivity index (χ0) is 16.1. The van der Waals surface area contributed by atoms with Gasteiger partial charge in [-0.2, -0.15) is 0 Å². The van der Waals surface area contributed by atoms with Gasteiger partial charge in [0, 0.05) is 0 Å². The van der Waals surface area contributed by atoms with Crippen LogP contribution in [0, 0.1) is 5.92 Å². The highest BCUT2D eigenvalue weighted by Crippen LogP contribution is 2.29. The fourth-order valence-electron chi connectivity index (χ4n) is 2.20. The molecule has 1 rings (SSSR count). The average molecular weight is 282 g/mol. The van der Waals surface area contributed by atoms with E-state index in [9.17, 15) is 5.11 Å². The van der Waals surface area contributed by atoms with Gasteiger partial charge in [-0.3, -0.25) is 0 Å². The number of rotatable bonds is 3. The van der Waals surface area contributed by atoms with Gasteiger partial charge in [0.25, 0.3) is 0 Å². The van der Waals surface area contributed by atoms with Crippen LogP contribution in [0.2, 0.25) is 0 Å². The lowest BCUT2D eigenvalue weighted by atomic mass is 9.87. The fraction of sp³-hybridized carbons (Fsp3) is 0.667. The van der Waals surface area contributed by atoms with Gasteiger partial charge in [0.2, 0.25) is 0 Å². The van der Waals surface area contributed by atoms with E-state index < -0.39 is 6.10 Å². The molecule has 118 valence electrons. The van der Waals surface area contributed by atoms with Crippen molar-refractivity contribution in [2.45, 2.75) is 73.2 Å². The highest BCUT2D eigenvalue weighted by molar-refractivity contribution is 5.28. The average Bonchev–Trinajstić information content (AvgIpc) is 2.47. The maximum atomic E-state index is 10.1. The monoisotopic (exact) mass is 282 g/mol. The molecule has 0 amide bonds. The third-order valence-corrected chi connectivity index (χ3v) is 2.97. The van der Waals surface area contributed by atoms with E-state index >= 15 is 0 Å². The number of hydrogen-bond donors (Lipinski definition) is 1. The topological polar surface area (TPSA) is 29.5 Å². The molecule has 0 aromatic rings. The summed E-state index contributed by atoms with van der Waals surface area (Å²) in [6, 6.07) is 0. The Balaban J connectivity index is 0. The van der Waals surface area contributed by atoms with E-state index in [1.54, 1.807) is 6.08 Å². The minimum atomic E-state index is -0.432. The van der Waals surface area contributed by atoms with E-state index in [0.29, 0.717) is 0 Å². The maximum absolute atomic E-state index is 10.1. The van der Waals surface area contributed by atoms with Crippen molar-refractivity contribution in [3.63, 3.8) is 0 Å². The summed E-state index contributed by atoms with van der Waals surface area (Å²) in [5.41, 5.74) is 0.989. The van der Waals surface area contributed by atoms with E-state index in [1.807, 2.05) is 52.8 Å². The SMILES string of the molecule is C=C/C=C(\C=C/C)[C@@H]1O[C@H](C)C[C@H](C)[C@H]1O.CC.CC. The summed E-state index contributed by atoms with van der Waals surface area (Å²) in [7, 11) is 0. The van der Waals surface area contributed by atoms with Gasteiger partial charge in [-0.05, 0) is 31.8 Å². The lowest BCUT2D eigenvalue weighted by Gasteiger charge is -2.37. The van der Waals surface area contributed by atoms with Crippen LogP contribution < -0.4 is 0 Å². The quantitative estimate of drug-likeness (QED) is 0.746. The minimum Gasteiger partial charge on any atom is -0.390 e. The Kier molecular flexibility index (Phi) is 14.1. The first-order chi connectivity index (χ1) is 9.60. The molecule has 20 heavy (non-hydrogen) atoms. The molecule has 0 unspecified atom stereocenters. The molecule has 0 aromatic heterocycles. The third-order valence-electron chi connectivity index (χ3n) is 2.97. The minimum absolute atomic E-state index is 0.196. The summed E-state index contributed by atoms with van der Waals surface area (Å²) in [6.07, 6.45) is 8.01. The number of aliphatic hydroxyl groups excluding tert-OH is 1. The molecule has 0 aliphatic carbocycles. The number of ether oxygens (including phenoxy) is 1. The summed E-state index contributed by atoms with van der Waals surface area (Å²) in [6.45, 7) is 17.8. The smallest absolute Gasteiger partial charge is 0.109 e. The predicted octanol–water partition coefficient (Wildman–Crippen LogP) is 4.90. The molecule has 1 saturated heterocycles. The van der Waals surface area contributed by atoms with Gasteiger partial charge < -0.3 is 9.84 Å². The van der Waals surface area contributed by atoms with Crippen molar-refractivity contribution in [2.75, 3.05) is 0 Å². The second kappa shape index (κ2) is 13.1. The predicted molar refractivity (Wildman–Crippen MR) is 89.9 cm³/mol. The lowest BCUT2D eigenvalue weighted by molar-refractivity contribution is -0.117. The van der Waals surface area contributed by atoms with Crippen molar-refractivity contribution in [1.29, 1.82) is 0 Å². The van der Waals surface area contributed by atoms with Crippen molar-refractivity contribution < 1.29 is 9.84 Å². The summed E-state index contributed by atoms with van der Waals surface area (Å²) in [5.74, 6) is 0.271. The molecule has 4 atom stereocenters. The Morgan fingerprint density at radius 2 is 1.75 bits per heavy atom. The lowest BCUT2D eigenvalue weighted by Crippen LogP contribution is -2.43. The van der Waals surface area contributed by atoms with E-state index in [4.69, 9.17) is 4.74 Å². The summed E-state index contributed by atoms with van der Waals surface area (Å²) in [4.78, 5) is 0. The van der Waals surface area contributed by atoms with E-state index in [1.165, 1.54) is 0 Å². The van der Waals surface area contributed by atoms with Gasteiger partial charge in [0.15, 0.2) is 0 Å². The fourth-order valence-corrected chi connectivity index (χ4v) is 2.20. The normalized spacial score (nSPS) is 29.9. The molecule has 0 bridgehead atoms. The van der Waals surface area contributed by atoms with Crippen molar-refractivity contribution in [1.82, 2.24) is 0 Å². The van der Waals surface area contributed by atoms with Crippen LogP contribution in [0.5, 0.6) is 0 Å². The molecule has 1 N–H and O–H groups in total. The molecular formula is C18H34O2. The molecule has 1 aliphatic rings. The van der Waals surface area contributed by atoms with Gasteiger partial charge in [-0.1, -0.05) is 65.5 Å². The molecule has 1 fully saturated rings. The highest BCUT2D eigenvalue weighted by Gasteiger charge is 2.34. The standard InChI is InChI=1S/C14H22O2.2C2H6/c1-5-7-12(8-6-2)14-13(15)10(3)9-11(4)16-14;2*1-2/h5-8,10-11,13-15H,1,9H2,2-4H3;2*1-2H3/b8-6-,12-7+;;/t10-,11+,13+,14-;;/m0../s1. The van der Waals surface area contributed by atoms with E-state index in [0.717, 1.165) is 12.0 Å². The zero-order valence-corrected chi connectivity index (χ0v) is 14.4. The summed E-state index contributed by atoms with van der Waals surface area (Å²) in [5, 5.41) is 10.1. The Labute approximate surface area is 126 Å². The Bertz CT molecular complexity index is 292. The van der Waals surface area contributed by atoms with Gasteiger partial charge >= 0.3 is 0 Å². The Morgan fingerprint density at radius 1 is 1.20 bits per heavy atom.